The average Bonchev–Trinajstić information content (AvgIpc) is 3.43. The smallest absolute Gasteiger partial charge is 0.340 e. The van der Waals surface area contributed by atoms with Crippen LogP contribution in [0, 0.1) is 19.8 Å². The average molecular weight is 358 g/mol. The summed E-state index contributed by atoms with van der Waals surface area (Å²) in [6.45, 7) is 4.69. The second-order valence-corrected chi connectivity index (χ2v) is 8.30. The number of nitrogens with zero attached hydrogens (tertiary/aromatic N) is 2. The maximum Gasteiger partial charge on any atom is 0.340 e. The van der Waals surface area contributed by atoms with Gasteiger partial charge >= 0.3 is 5.97 Å². The molecule has 5 nitrogen and oxygen atoms in total. The molecule has 3 fully saturated rings. The fourth-order valence-electron chi connectivity index (χ4n) is 5.10. The third kappa shape index (κ3) is 3.28. The zero-order chi connectivity index (χ0) is 18.3. The molecule has 2 saturated carbocycles. The zero-order valence-corrected chi connectivity index (χ0v) is 16.0. The second-order valence-electron chi connectivity index (χ2n) is 8.30. The van der Waals surface area contributed by atoms with Gasteiger partial charge in [-0.1, -0.05) is 12.8 Å². The van der Waals surface area contributed by atoms with Crippen LogP contribution in [-0.2, 0) is 9.53 Å². The Morgan fingerprint density at radius 1 is 1.08 bits per heavy atom. The lowest BCUT2D eigenvalue weighted by atomic mass is 9.78. The van der Waals surface area contributed by atoms with Crippen LogP contribution < -0.4 is 0 Å². The molecule has 0 aromatic carbocycles. The molecule has 1 amide bonds. The molecule has 1 aromatic rings. The van der Waals surface area contributed by atoms with E-state index < -0.39 is 0 Å². The van der Waals surface area contributed by atoms with E-state index in [9.17, 15) is 9.59 Å². The van der Waals surface area contributed by atoms with Crippen molar-refractivity contribution < 1.29 is 14.3 Å². The molecule has 3 aliphatic rings. The number of rotatable bonds is 4. The number of aryl methyl sites for hydroxylation is 1. The van der Waals surface area contributed by atoms with E-state index in [0.29, 0.717) is 23.6 Å². The van der Waals surface area contributed by atoms with Crippen LogP contribution in [0.5, 0.6) is 0 Å². The van der Waals surface area contributed by atoms with Crippen LogP contribution >= 0.6 is 0 Å². The first kappa shape index (κ1) is 17.6. The first-order chi connectivity index (χ1) is 12.6. The maximum atomic E-state index is 12.7. The Hall–Kier alpha value is -1.78. The van der Waals surface area contributed by atoms with Crippen molar-refractivity contribution in [2.75, 3.05) is 13.2 Å². The van der Waals surface area contributed by atoms with E-state index in [2.05, 4.69) is 4.57 Å². The minimum atomic E-state index is -0.365. The van der Waals surface area contributed by atoms with Gasteiger partial charge in [-0.15, -0.1) is 0 Å². The Balaban J connectivity index is 1.38. The number of likely N-dealkylation sites (tertiary alicyclic amines) is 1. The summed E-state index contributed by atoms with van der Waals surface area (Å²) in [5, 5.41) is 0. The highest BCUT2D eigenvalue weighted by atomic mass is 16.5. The fourth-order valence-corrected chi connectivity index (χ4v) is 5.10. The van der Waals surface area contributed by atoms with Crippen molar-refractivity contribution in [1.29, 1.82) is 0 Å². The third-order valence-corrected chi connectivity index (χ3v) is 6.51. The molecule has 0 radical (unpaired) electrons. The standard InChI is InChI=1S/C21H30N2O3/c1-14-12-18(15(2)23(14)17-9-10-17)21(25)26-13-20(24)22-11-5-7-16-6-3-4-8-19(16)22/h12,16-17,19H,3-11,13H2,1-2H3/t16-,19-/m0/s1. The number of carbonyl (C=O) groups excluding carboxylic acids is 2. The van der Waals surface area contributed by atoms with Crippen molar-refractivity contribution >= 4 is 11.9 Å². The van der Waals surface area contributed by atoms with E-state index in [1.165, 1.54) is 38.5 Å². The topological polar surface area (TPSA) is 51.5 Å². The van der Waals surface area contributed by atoms with Gasteiger partial charge in [-0.3, -0.25) is 4.79 Å². The van der Waals surface area contributed by atoms with Crippen molar-refractivity contribution in [2.45, 2.75) is 77.3 Å². The number of amides is 1. The molecule has 1 aromatic heterocycles. The Morgan fingerprint density at radius 2 is 1.81 bits per heavy atom. The van der Waals surface area contributed by atoms with Gasteiger partial charge in [0.25, 0.3) is 5.91 Å². The normalized spacial score (nSPS) is 25.7. The number of hydrogen-bond acceptors (Lipinski definition) is 3. The molecule has 4 rings (SSSR count). The monoisotopic (exact) mass is 358 g/mol. The zero-order valence-electron chi connectivity index (χ0n) is 16.0. The summed E-state index contributed by atoms with van der Waals surface area (Å²) in [4.78, 5) is 27.2. The van der Waals surface area contributed by atoms with Gasteiger partial charge < -0.3 is 14.2 Å². The van der Waals surface area contributed by atoms with E-state index in [1.54, 1.807) is 0 Å². The summed E-state index contributed by atoms with van der Waals surface area (Å²) < 4.78 is 7.66. The second kappa shape index (κ2) is 7.09. The highest BCUT2D eigenvalue weighted by Gasteiger charge is 2.36. The predicted molar refractivity (Wildman–Crippen MR) is 99.2 cm³/mol. The third-order valence-electron chi connectivity index (χ3n) is 6.51. The van der Waals surface area contributed by atoms with Crippen LogP contribution in [0.4, 0.5) is 0 Å². The molecule has 26 heavy (non-hydrogen) atoms. The van der Waals surface area contributed by atoms with Gasteiger partial charge in [-0.05, 0) is 64.4 Å². The van der Waals surface area contributed by atoms with Gasteiger partial charge in [0.1, 0.15) is 0 Å². The van der Waals surface area contributed by atoms with Gasteiger partial charge in [0, 0.05) is 30.0 Å². The quantitative estimate of drug-likeness (QED) is 0.770. The summed E-state index contributed by atoms with van der Waals surface area (Å²) >= 11 is 0. The van der Waals surface area contributed by atoms with Gasteiger partial charge in [0.2, 0.25) is 0 Å². The summed E-state index contributed by atoms with van der Waals surface area (Å²) in [6.07, 6.45) is 9.51. The Bertz CT molecular complexity index is 702. The SMILES string of the molecule is Cc1cc(C(=O)OCC(=O)N2CCC[C@@H]3CCCC[C@@H]32)c(C)n1C1CC1. The Kier molecular flexibility index (Phi) is 4.80. The predicted octanol–water partition coefficient (Wildman–Crippen LogP) is 3.78. The summed E-state index contributed by atoms with van der Waals surface area (Å²) in [6, 6.07) is 2.80. The van der Waals surface area contributed by atoms with Gasteiger partial charge in [-0.25, -0.2) is 4.79 Å². The molecule has 2 heterocycles. The highest BCUT2D eigenvalue weighted by molar-refractivity contribution is 5.92. The molecule has 0 unspecified atom stereocenters. The minimum Gasteiger partial charge on any atom is -0.452 e. The maximum absolute atomic E-state index is 12.7. The Labute approximate surface area is 155 Å². The molecular formula is C21H30N2O3. The molecular weight excluding hydrogens is 328 g/mol. The van der Waals surface area contributed by atoms with E-state index >= 15 is 0 Å². The van der Waals surface area contributed by atoms with Gasteiger partial charge in [0.15, 0.2) is 6.61 Å². The first-order valence-electron chi connectivity index (χ1n) is 10.2. The lowest BCUT2D eigenvalue weighted by Gasteiger charge is -2.44. The molecule has 142 valence electrons. The van der Waals surface area contributed by atoms with E-state index in [-0.39, 0.29) is 18.5 Å². The molecule has 0 spiro atoms. The van der Waals surface area contributed by atoms with Crippen LogP contribution in [0.25, 0.3) is 0 Å². The number of hydrogen-bond donors (Lipinski definition) is 0. The fraction of sp³-hybridized carbons (Fsp3) is 0.714. The number of aromatic nitrogens is 1. The van der Waals surface area contributed by atoms with Crippen molar-refractivity contribution in [3.63, 3.8) is 0 Å². The van der Waals surface area contributed by atoms with E-state index in [4.69, 9.17) is 4.74 Å². The molecule has 1 aliphatic heterocycles. The van der Waals surface area contributed by atoms with E-state index in [0.717, 1.165) is 30.8 Å². The lowest BCUT2D eigenvalue weighted by molar-refractivity contribution is -0.140. The van der Waals surface area contributed by atoms with Crippen LogP contribution in [0.2, 0.25) is 0 Å². The number of piperidine rings is 1. The number of ether oxygens (including phenoxy) is 1. The van der Waals surface area contributed by atoms with Crippen molar-refractivity contribution in [2.24, 2.45) is 5.92 Å². The summed E-state index contributed by atoms with van der Waals surface area (Å²) in [5.41, 5.74) is 2.67. The molecule has 1 saturated heterocycles. The highest BCUT2D eigenvalue weighted by Crippen LogP contribution is 2.38. The molecule has 2 atom stereocenters. The molecule has 0 N–H and O–H groups in total. The Morgan fingerprint density at radius 3 is 2.58 bits per heavy atom. The first-order valence-corrected chi connectivity index (χ1v) is 10.2. The lowest BCUT2D eigenvalue weighted by Crippen LogP contribution is -2.50. The van der Waals surface area contributed by atoms with Crippen LogP contribution in [0.1, 0.15) is 79.2 Å². The van der Waals surface area contributed by atoms with Crippen LogP contribution in [-0.4, -0.2) is 40.5 Å². The van der Waals surface area contributed by atoms with Gasteiger partial charge in [-0.2, -0.15) is 0 Å². The number of carbonyl (C=O) groups is 2. The van der Waals surface area contributed by atoms with E-state index in [1.807, 2.05) is 24.8 Å². The van der Waals surface area contributed by atoms with Crippen molar-refractivity contribution in [3.05, 3.63) is 23.0 Å². The largest absolute Gasteiger partial charge is 0.452 e. The molecule has 2 aliphatic carbocycles. The summed E-state index contributed by atoms with van der Waals surface area (Å²) in [5.74, 6) is 0.260. The van der Waals surface area contributed by atoms with Crippen LogP contribution in [0.15, 0.2) is 6.07 Å². The molecule has 0 bridgehead atoms. The van der Waals surface area contributed by atoms with Crippen LogP contribution in [0.3, 0.4) is 0 Å². The van der Waals surface area contributed by atoms with Crippen molar-refractivity contribution in [1.82, 2.24) is 9.47 Å². The minimum absolute atomic E-state index is 0.0223. The van der Waals surface area contributed by atoms with Crippen molar-refractivity contribution in [3.8, 4) is 0 Å². The number of esters is 1. The number of fused-ring (bicyclic) bond motifs is 1. The van der Waals surface area contributed by atoms with Gasteiger partial charge in [0.05, 0.1) is 5.56 Å². The summed E-state index contributed by atoms with van der Waals surface area (Å²) in [7, 11) is 0. The molecule has 5 heteroatoms.